The number of carbonyl (C=O) groups is 1. The Morgan fingerprint density at radius 3 is 2.77 bits per heavy atom. The zero-order valence-electron chi connectivity index (χ0n) is 12.7. The van der Waals surface area contributed by atoms with Gasteiger partial charge in [-0.25, -0.2) is 4.98 Å². The van der Waals surface area contributed by atoms with Crippen LogP contribution in [0.15, 0.2) is 18.3 Å². The molecule has 3 atom stereocenters. The molecule has 1 aromatic heterocycles. The number of rotatable bonds is 4. The number of amides is 1. The minimum Gasteiger partial charge on any atom is -0.353 e. The first-order valence-corrected chi connectivity index (χ1v) is 7.28. The van der Waals surface area contributed by atoms with Crippen LogP contribution in [0.4, 0.5) is 5.82 Å². The molecule has 0 aromatic carbocycles. The second kappa shape index (κ2) is 9.40. The van der Waals surface area contributed by atoms with Crippen LogP contribution in [0.1, 0.15) is 20.3 Å². The Kier molecular flexibility index (Phi) is 9.08. The Morgan fingerprint density at radius 2 is 2.18 bits per heavy atom. The molecule has 1 amide bonds. The normalized spacial score (nSPS) is 19.6. The average molecular weight is 370 g/mol. The third-order valence-electron chi connectivity index (χ3n) is 3.78. The number of aromatic nitrogens is 1. The zero-order chi connectivity index (χ0) is 14.7. The smallest absolute Gasteiger partial charge is 0.224 e. The van der Waals surface area contributed by atoms with Gasteiger partial charge in [-0.1, -0.05) is 18.5 Å². The lowest BCUT2D eigenvalue weighted by Crippen LogP contribution is -2.44. The number of nitrogens with two attached hydrogens (primary N) is 1. The molecular formula is C14H23Cl3N4O. The standard InChI is InChI=1S/C14H21ClN4O.2ClH/c1-9(10(2)16)14(20)18-11-5-7-19(8-11)13-12(15)4-3-6-17-13;;/h3-4,6,9-11H,5,7-8,16H2,1-2H3,(H,18,20);2*1H. The lowest BCUT2D eigenvalue weighted by Gasteiger charge is -2.21. The number of halogens is 3. The number of nitrogens with one attached hydrogen (secondary N) is 1. The van der Waals surface area contributed by atoms with Crippen molar-refractivity contribution in [2.24, 2.45) is 11.7 Å². The van der Waals surface area contributed by atoms with Crippen molar-refractivity contribution < 1.29 is 4.79 Å². The second-order valence-electron chi connectivity index (χ2n) is 5.40. The summed E-state index contributed by atoms with van der Waals surface area (Å²) < 4.78 is 0. The van der Waals surface area contributed by atoms with Gasteiger partial charge >= 0.3 is 0 Å². The predicted octanol–water partition coefficient (Wildman–Crippen LogP) is 2.26. The highest BCUT2D eigenvalue weighted by Crippen LogP contribution is 2.25. The van der Waals surface area contributed by atoms with E-state index < -0.39 is 0 Å². The molecule has 1 aliphatic rings. The molecule has 22 heavy (non-hydrogen) atoms. The zero-order valence-corrected chi connectivity index (χ0v) is 15.0. The van der Waals surface area contributed by atoms with E-state index in [9.17, 15) is 4.79 Å². The molecule has 0 radical (unpaired) electrons. The van der Waals surface area contributed by atoms with Crippen LogP contribution in [0.3, 0.4) is 0 Å². The fraction of sp³-hybridized carbons (Fsp3) is 0.571. The van der Waals surface area contributed by atoms with Crippen molar-refractivity contribution in [3.8, 4) is 0 Å². The Balaban J connectivity index is 0.00000220. The van der Waals surface area contributed by atoms with Crippen LogP contribution in [-0.4, -0.2) is 36.1 Å². The SMILES string of the molecule is CC(N)C(C)C(=O)NC1CCN(c2ncccc2Cl)C1.Cl.Cl. The minimum atomic E-state index is -0.178. The van der Waals surface area contributed by atoms with Gasteiger partial charge < -0.3 is 16.0 Å². The summed E-state index contributed by atoms with van der Waals surface area (Å²) in [6.45, 7) is 5.27. The van der Waals surface area contributed by atoms with Crippen LogP contribution in [0.25, 0.3) is 0 Å². The lowest BCUT2D eigenvalue weighted by atomic mass is 10.0. The summed E-state index contributed by atoms with van der Waals surface area (Å²) in [5, 5.41) is 3.69. The van der Waals surface area contributed by atoms with E-state index >= 15 is 0 Å². The van der Waals surface area contributed by atoms with Crippen molar-refractivity contribution in [1.29, 1.82) is 0 Å². The van der Waals surface area contributed by atoms with E-state index in [-0.39, 0.29) is 48.7 Å². The van der Waals surface area contributed by atoms with Gasteiger partial charge in [0.05, 0.1) is 5.02 Å². The highest BCUT2D eigenvalue weighted by molar-refractivity contribution is 6.32. The van der Waals surface area contributed by atoms with Crippen molar-refractivity contribution in [1.82, 2.24) is 10.3 Å². The van der Waals surface area contributed by atoms with Gasteiger partial charge in [-0.3, -0.25) is 4.79 Å². The second-order valence-corrected chi connectivity index (χ2v) is 5.80. The summed E-state index contributed by atoms with van der Waals surface area (Å²) in [6.07, 6.45) is 2.62. The number of nitrogens with zero attached hydrogens (tertiary/aromatic N) is 2. The topological polar surface area (TPSA) is 71.2 Å². The Morgan fingerprint density at radius 1 is 1.50 bits per heavy atom. The number of pyridine rings is 1. The van der Waals surface area contributed by atoms with E-state index in [2.05, 4.69) is 15.2 Å². The molecule has 5 nitrogen and oxygen atoms in total. The molecule has 1 fully saturated rings. The Hall–Kier alpha value is -0.750. The summed E-state index contributed by atoms with van der Waals surface area (Å²) in [4.78, 5) is 18.4. The van der Waals surface area contributed by atoms with E-state index in [4.69, 9.17) is 17.3 Å². The molecular weight excluding hydrogens is 347 g/mol. The first kappa shape index (κ1) is 21.2. The lowest BCUT2D eigenvalue weighted by molar-refractivity contribution is -0.125. The van der Waals surface area contributed by atoms with Gasteiger partial charge in [0.1, 0.15) is 5.82 Å². The maximum absolute atomic E-state index is 12.0. The largest absolute Gasteiger partial charge is 0.353 e. The number of hydrogen-bond acceptors (Lipinski definition) is 4. The first-order valence-electron chi connectivity index (χ1n) is 6.90. The summed E-state index contributed by atoms with van der Waals surface area (Å²) in [5.74, 6) is 0.618. The molecule has 2 heterocycles. The molecule has 0 aliphatic carbocycles. The molecule has 1 aliphatic heterocycles. The van der Waals surface area contributed by atoms with Gasteiger partial charge in [0.25, 0.3) is 0 Å². The average Bonchev–Trinajstić information content (AvgIpc) is 2.86. The van der Waals surface area contributed by atoms with Gasteiger partial charge in [0.15, 0.2) is 0 Å². The third kappa shape index (κ3) is 5.16. The first-order chi connectivity index (χ1) is 9.49. The van der Waals surface area contributed by atoms with Crippen molar-refractivity contribution in [2.45, 2.75) is 32.4 Å². The van der Waals surface area contributed by atoms with Gasteiger partial charge in [-0.2, -0.15) is 0 Å². The molecule has 2 rings (SSSR count). The van der Waals surface area contributed by atoms with Crippen LogP contribution < -0.4 is 16.0 Å². The highest BCUT2D eigenvalue weighted by Gasteiger charge is 2.27. The van der Waals surface area contributed by atoms with E-state index in [1.165, 1.54) is 0 Å². The molecule has 1 saturated heterocycles. The fourth-order valence-corrected chi connectivity index (χ4v) is 2.49. The molecule has 0 bridgehead atoms. The van der Waals surface area contributed by atoms with Crippen molar-refractivity contribution in [3.05, 3.63) is 23.4 Å². The molecule has 126 valence electrons. The molecule has 0 spiro atoms. The van der Waals surface area contributed by atoms with Gasteiger partial charge in [-0.05, 0) is 25.5 Å². The van der Waals surface area contributed by atoms with Crippen molar-refractivity contribution in [2.75, 3.05) is 18.0 Å². The minimum absolute atomic E-state index is 0. The van der Waals surface area contributed by atoms with E-state index in [0.717, 1.165) is 25.3 Å². The highest BCUT2D eigenvalue weighted by atomic mass is 35.5. The molecule has 3 unspecified atom stereocenters. The maximum atomic E-state index is 12.0. The number of hydrogen-bond donors (Lipinski definition) is 2. The van der Waals surface area contributed by atoms with Crippen LogP contribution >= 0.6 is 36.4 Å². The van der Waals surface area contributed by atoms with Gasteiger partial charge in [-0.15, -0.1) is 24.8 Å². The summed E-state index contributed by atoms with van der Waals surface area (Å²) in [7, 11) is 0. The monoisotopic (exact) mass is 368 g/mol. The maximum Gasteiger partial charge on any atom is 0.224 e. The van der Waals surface area contributed by atoms with Crippen LogP contribution in [0.5, 0.6) is 0 Å². The van der Waals surface area contributed by atoms with Crippen molar-refractivity contribution >= 4 is 48.1 Å². The Labute approximate surface area is 148 Å². The van der Waals surface area contributed by atoms with Crippen molar-refractivity contribution in [3.63, 3.8) is 0 Å². The fourth-order valence-electron chi connectivity index (χ4n) is 2.25. The van der Waals surface area contributed by atoms with E-state index in [1.807, 2.05) is 26.0 Å². The van der Waals surface area contributed by atoms with Gasteiger partial charge in [0, 0.05) is 37.3 Å². The predicted molar refractivity (Wildman–Crippen MR) is 95.3 cm³/mol. The summed E-state index contributed by atoms with van der Waals surface area (Å²) >= 11 is 6.14. The number of carbonyl (C=O) groups excluding carboxylic acids is 1. The quantitative estimate of drug-likeness (QED) is 0.854. The van der Waals surface area contributed by atoms with E-state index in [1.54, 1.807) is 6.20 Å². The molecule has 3 N–H and O–H groups in total. The molecule has 0 saturated carbocycles. The summed E-state index contributed by atoms with van der Waals surface area (Å²) in [5.41, 5.74) is 5.75. The van der Waals surface area contributed by atoms with Crippen LogP contribution in [-0.2, 0) is 4.79 Å². The summed E-state index contributed by atoms with van der Waals surface area (Å²) in [6, 6.07) is 3.62. The Bertz CT molecular complexity index is 487. The van der Waals surface area contributed by atoms with Crippen LogP contribution in [0.2, 0.25) is 5.02 Å². The molecule has 8 heteroatoms. The van der Waals surface area contributed by atoms with E-state index in [0.29, 0.717) is 5.02 Å². The number of anilines is 1. The molecule has 1 aromatic rings. The van der Waals surface area contributed by atoms with Gasteiger partial charge in [0.2, 0.25) is 5.91 Å². The third-order valence-corrected chi connectivity index (χ3v) is 4.07. The van der Waals surface area contributed by atoms with Crippen LogP contribution in [0, 0.1) is 5.92 Å².